The van der Waals surface area contributed by atoms with Gasteiger partial charge in [0.25, 0.3) is 5.91 Å². The summed E-state index contributed by atoms with van der Waals surface area (Å²) in [6.07, 6.45) is 1.22. The number of carbonyl (C=O) groups excluding carboxylic acids is 1. The predicted octanol–water partition coefficient (Wildman–Crippen LogP) is 0.842. The average molecular weight is 236 g/mol. The maximum absolute atomic E-state index is 12.8. The molecule has 0 fully saturated rings. The fourth-order valence-corrected chi connectivity index (χ4v) is 1.21. The van der Waals surface area contributed by atoms with Gasteiger partial charge in [-0.3, -0.25) is 4.79 Å². The van der Waals surface area contributed by atoms with Crippen LogP contribution in [0.4, 0.5) is 4.39 Å². The normalized spacial score (nSPS) is 10.2. The second-order valence-corrected chi connectivity index (χ2v) is 3.29. The Morgan fingerprint density at radius 3 is 3.06 bits per heavy atom. The van der Waals surface area contributed by atoms with Crippen molar-refractivity contribution in [2.45, 2.75) is 13.5 Å². The van der Waals surface area contributed by atoms with Crippen LogP contribution >= 0.6 is 0 Å². The lowest BCUT2D eigenvalue weighted by atomic mass is 10.2. The monoisotopic (exact) mass is 236 g/mol. The van der Waals surface area contributed by atoms with E-state index in [0.717, 1.165) is 6.07 Å². The Morgan fingerprint density at radius 2 is 2.41 bits per heavy atom. The summed E-state index contributed by atoms with van der Waals surface area (Å²) < 4.78 is 17.6. The van der Waals surface area contributed by atoms with Crippen molar-refractivity contribution >= 4 is 5.91 Å². The molecule has 0 atom stereocenters. The third kappa shape index (κ3) is 2.83. The van der Waals surface area contributed by atoms with Crippen LogP contribution in [0.5, 0.6) is 0 Å². The number of nitrogens with one attached hydrogen (secondary N) is 1. The SMILES string of the molecule is Cc1noc(CNC(=O)c2ccnc(F)c2)n1. The third-order valence-electron chi connectivity index (χ3n) is 1.96. The lowest BCUT2D eigenvalue weighted by Crippen LogP contribution is -2.23. The van der Waals surface area contributed by atoms with E-state index in [1.807, 2.05) is 0 Å². The number of hydrogen-bond acceptors (Lipinski definition) is 5. The molecule has 0 spiro atoms. The molecule has 2 heterocycles. The molecule has 7 heteroatoms. The number of nitrogens with zero attached hydrogens (tertiary/aromatic N) is 3. The Labute approximate surface area is 95.9 Å². The fourth-order valence-electron chi connectivity index (χ4n) is 1.21. The molecule has 88 valence electrons. The molecule has 0 radical (unpaired) electrons. The first kappa shape index (κ1) is 11.2. The zero-order valence-electron chi connectivity index (χ0n) is 8.98. The first-order valence-corrected chi connectivity index (χ1v) is 4.84. The Morgan fingerprint density at radius 1 is 1.59 bits per heavy atom. The van der Waals surface area contributed by atoms with Crippen molar-refractivity contribution in [1.29, 1.82) is 0 Å². The topological polar surface area (TPSA) is 80.9 Å². The lowest BCUT2D eigenvalue weighted by Gasteiger charge is -2.01. The minimum absolute atomic E-state index is 0.101. The van der Waals surface area contributed by atoms with Crippen LogP contribution in [0.25, 0.3) is 0 Å². The van der Waals surface area contributed by atoms with Gasteiger partial charge in [-0.05, 0) is 13.0 Å². The maximum Gasteiger partial charge on any atom is 0.251 e. The summed E-state index contributed by atoms with van der Waals surface area (Å²) in [5.41, 5.74) is 0.189. The van der Waals surface area contributed by atoms with Crippen molar-refractivity contribution in [2.75, 3.05) is 0 Å². The number of amides is 1. The predicted molar refractivity (Wildman–Crippen MR) is 54.4 cm³/mol. The molecule has 2 aromatic heterocycles. The first-order chi connectivity index (χ1) is 8.15. The summed E-state index contributed by atoms with van der Waals surface area (Å²) in [4.78, 5) is 18.9. The Kier molecular flexibility index (Phi) is 3.08. The molecule has 0 aromatic carbocycles. The highest BCUT2D eigenvalue weighted by Crippen LogP contribution is 2.01. The van der Waals surface area contributed by atoms with Crippen LogP contribution in [-0.2, 0) is 6.54 Å². The number of carbonyl (C=O) groups is 1. The van der Waals surface area contributed by atoms with Crippen molar-refractivity contribution in [3.05, 3.63) is 41.6 Å². The van der Waals surface area contributed by atoms with Crippen LogP contribution in [0.2, 0.25) is 0 Å². The molecule has 6 nitrogen and oxygen atoms in total. The van der Waals surface area contributed by atoms with E-state index in [0.29, 0.717) is 11.7 Å². The van der Waals surface area contributed by atoms with E-state index in [4.69, 9.17) is 4.52 Å². The molecule has 1 N–H and O–H groups in total. The molecule has 0 aliphatic rings. The lowest BCUT2D eigenvalue weighted by molar-refractivity contribution is 0.0945. The third-order valence-corrected chi connectivity index (χ3v) is 1.96. The van der Waals surface area contributed by atoms with E-state index in [-0.39, 0.29) is 12.1 Å². The number of aromatic nitrogens is 3. The quantitative estimate of drug-likeness (QED) is 0.799. The molecular weight excluding hydrogens is 227 g/mol. The van der Waals surface area contributed by atoms with E-state index in [1.165, 1.54) is 12.3 Å². The number of aryl methyl sites for hydroxylation is 1. The largest absolute Gasteiger partial charge is 0.343 e. The highest BCUT2D eigenvalue weighted by Gasteiger charge is 2.09. The summed E-state index contributed by atoms with van der Waals surface area (Å²) >= 11 is 0. The van der Waals surface area contributed by atoms with Gasteiger partial charge in [-0.15, -0.1) is 0 Å². The highest BCUT2D eigenvalue weighted by atomic mass is 19.1. The number of rotatable bonds is 3. The first-order valence-electron chi connectivity index (χ1n) is 4.84. The van der Waals surface area contributed by atoms with Crippen molar-refractivity contribution in [2.24, 2.45) is 0 Å². The van der Waals surface area contributed by atoms with E-state index in [9.17, 15) is 9.18 Å². The van der Waals surface area contributed by atoms with Crippen LogP contribution in [0.3, 0.4) is 0 Å². The Hall–Kier alpha value is -2.31. The molecule has 0 saturated carbocycles. The number of hydrogen-bond donors (Lipinski definition) is 1. The molecule has 1 amide bonds. The van der Waals surface area contributed by atoms with Crippen LogP contribution in [0.1, 0.15) is 22.1 Å². The average Bonchev–Trinajstić information content (AvgIpc) is 2.72. The van der Waals surface area contributed by atoms with Gasteiger partial charge in [0.1, 0.15) is 0 Å². The molecule has 0 bridgehead atoms. The highest BCUT2D eigenvalue weighted by molar-refractivity contribution is 5.93. The Balaban J connectivity index is 1.98. The minimum atomic E-state index is -0.703. The molecule has 2 rings (SSSR count). The molecule has 2 aromatic rings. The fraction of sp³-hybridized carbons (Fsp3) is 0.200. The summed E-state index contributed by atoms with van der Waals surface area (Å²) in [6.45, 7) is 1.77. The van der Waals surface area contributed by atoms with E-state index in [2.05, 4.69) is 20.4 Å². The van der Waals surface area contributed by atoms with Gasteiger partial charge in [-0.25, -0.2) is 4.98 Å². The van der Waals surface area contributed by atoms with Crippen LogP contribution in [-0.4, -0.2) is 21.0 Å². The van der Waals surface area contributed by atoms with Crippen LogP contribution < -0.4 is 5.32 Å². The summed E-state index contributed by atoms with van der Waals surface area (Å²) in [5, 5.41) is 6.10. The van der Waals surface area contributed by atoms with Crippen LogP contribution in [0, 0.1) is 12.9 Å². The van der Waals surface area contributed by atoms with E-state index < -0.39 is 11.9 Å². The molecule has 17 heavy (non-hydrogen) atoms. The standard InChI is InChI=1S/C10H9FN4O2/c1-6-14-9(17-15-6)5-13-10(16)7-2-3-12-8(11)4-7/h2-4H,5H2,1H3,(H,13,16). The van der Waals surface area contributed by atoms with Crippen molar-refractivity contribution in [3.8, 4) is 0 Å². The molecular formula is C10H9FN4O2. The van der Waals surface area contributed by atoms with E-state index in [1.54, 1.807) is 6.92 Å². The second kappa shape index (κ2) is 4.69. The van der Waals surface area contributed by atoms with Crippen LogP contribution in [0.15, 0.2) is 22.9 Å². The maximum atomic E-state index is 12.8. The van der Waals surface area contributed by atoms with Gasteiger partial charge in [-0.1, -0.05) is 5.16 Å². The van der Waals surface area contributed by atoms with Crippen molar-refractivity contribution in [3.63, 3.8) is 0 Å². The van der Waals surface area contributed by atoms with Crippen molar-refractivity contribution < 1.29 is 13.7 Å². The smallest absolute Gasteiger partial charge is 0.251 e. The minimum Gasteiger partial charge on any atom is -0.343 e. The summed E-state index contributed by atoms with van der Waals surface area (Å²) in [5.74, 6) is -0.344. The molecule has 0 unspecified atom stereocenters. The van der Waals surface area contributed by atoms with Gasteiger partial charge in [0, 0.05) is 17.8 Å². The van der Waals surface area contributed by atoms with Gasteiger partial charge in [0.2, 0.25) is 11.8 Å². The zero-order chi connectivity index (χ0) is 12.3. The van der Waals surface area contributed by atoms with Gasteiger partial charge < -0.3 is 9.84 Å². The van der Waals surface area contributed by atoms with Gasteiger partial charge >= 0.3 is 0 Å². The van der Waals surface area contributed by atoms with E-state index >= 15 is 0 Å². The Bertz CT molecular complexity index is 541. The van der Waals surface area contributed by atoms with Gasteiger partial charge in [0.05, 0.1) is 6.54 Å². The molecule has 0 aliphatic heterocycles. The zero-order valence-corrected chi connectivity index (χ0v) is 8.98. The second-order valence-electron chi connectivity index (χ2n) is 3.29. The van der Waals surface area contributed by atoms with Gasteiger partial charge in [0.15, 0.2) is 5.82 Å². The van der Waals surface area contributed by atoms with Gasteiger partial charge in [-0.2, -0.15) is 9.37 Å². The summed E-state index contributed by atoms with van der Waals surface area (Å²) in [6, 6.07) is 2.46. The summed E-state index contributed by atoms with van der Waals surface area (Å²) in [7, 11) is 0. The number of pyridine rings is 1. The molecule has 0 saturated heterocycles. The number of halogens is 1. The molecule has 0 aliphatic carbocycles. The van der Waals surface area contributed by atoms with Crippen molar-refractivity contribution in [1.82, 2.24) is 20.4 Å².